The minimum absolute atomic E-state index is 0.111. The third-order valence-electron chi connectivity index (χ3n) is 2.31. The molecule has 0 amide bonds. The Bertz CT molecular complexity index is 648. The van der Waals surface area contributed by atoms with E-state index in [9.17, 15) is 10.1 Å². The molecule has 1 heterocycles. The van der Waals surface area contributed by atoms with Crippen molar-refractivity contribution in [3.8, 4) is 11.6 Å². The van der Waals surface area contributed by atoms with E-state index in [1.165, 1.54) is 0 Å². The van der Waals surface area contributed by atoms with Crippen molar-refractivity contribution in [3.05, 3.63) is 45.1 Å². The van der Waals surface area contributed by atoms with Gasteiger partial charge in [0, 0.05) is 5.02 Å². The standard InChI is InChI=1S/C11H9ClN4O3/c1-6-2-3-7(12)4-9(6)19-10-8(16(17)18)5-14-11(13)15-10/h2-5H,1H3,(H2,13,14,15). The first-order valence-corrected chi connectivity index (χ1v) is 5.56. The predicted molar refractivity (Wildman–Crippen MR) is 69.4 cm³/mol. The van der Waals surface area contributed by atoms with Crippen LogP contribution in [0.25, 0.3) is 0 Å². The summed E-state index contributed by atoms with van der Waals surface area (Å²) in [4.78, 5) is 17.5. The summed E-state index contributed by atoms with van der Waals surface area (Å²) in [6, 6.07) is 4.96. The Morgan fingerprint density at radius 3 is 2.89 bits per heavy atom. The summed E-state index contributed by atoms with van der Waals surface area (Å²) >= 11 is 5.85. The number of nitro groups is 1. The number of anilines is 1. The topological polar surface area (TPSA) is 104 Å². The second-order valence-corrected chi connectivity index (χ2v) is 4.12. The van der Waals surface area contributed by atoms with Gasteiger partial charge in [0.25, 0.3) is 0 Å². The molecule has 0 radical (unpaired) electrons. The fourth-order valence-corrected chi connectivity index (χ4v) is 1.52. The van der Waals surface area contributed by atoms with Crippen LogP contribution >= 0.6 is 11.6 Å². The van der Waals surface area contributed by atoms with Crippen LogP contribution in [0.5, 0.6) is 11.6 Å². The summed E-state index contributed by atoms with van der Waals surface area (Å²) in [6.07, 6.45) is 0.998. The zero-order chi connectivity index (χ0) is 14.0. The monoisotopic (exact) mass is 280 g/mol. The van der Waals surface area contributed by atoms with E-state index in [1.807, 2.05) is 0 Å². The van der Waals surface area contributed by atoms with E-state index in [4.69, 9.17) is 22.1 Å². The Hall–Kier alpha value is -2.41. The molecule has 0 unspecified atom stereocenters. The number of rotatable bonds is 3. The first kappa shape index (κ1) is 13.0. The summed E-state index contributed by atoms with van der Waals surface area (Å²) in [5, 5.41) is 11.3. The van der Waals surface area contributed by atoms with Crippen LogP contribution in [-0.4, -0.2) is 14.9 Å². The van der Waals surface area contributed by atoms with E-state index < -0.39 is 4.92 Å². The normalized spacial score (nSPS) is 10.2. The van der Waals surface area contributed by atoms with Crippen molar-refractivity contribution in [2.24, 2.45) is 0 Å². The van der Waals surface area contributed by atoms with Crippen LogP contribution in [0.4, 0.5) is 11.6 Å². The van der Waals surface area contributed by atoms with E-state index in [1.54, 1.807) is 25.1 Å². The van der Waals surface area contributed by atoms with Crippen LogP contribution in [0.2, 0.25) is 5.02 Å². The highest BCUT2D eigenvalue weighted by molar-refractivity contribution is 6.30. The number of halogens is 1. The Balaban J connectivity index is 2.45. The predicted octanol–water partition coefficient (Wildman–Crippen LogP) is 2.72. The van der Waals surface area contributed by atoms with Crippen LogP contribution in [0.3, 0.4) is 0 Å². The van der Waals surface area contributed by atoms with Crippen LogP contribution < -0.4 is 10.5 Å². The van der Waals surface area contributed by atoms with Crippen molar-refractivity contribution < 1.29 is 9.66 Å². The van der Waals surface area contributed by atoms with Crippen LogP contribution in [0.1, 0.15) is 5.56 Å². The van der Waals surface area contributed by atoms with Gasteiger partial charge in [-0.3, -0.25) is 10.1 Å². The van der Waals surface area contributed by atoms with Gasteiger partial charge in [-0.05, 0) is 24.6 Å². The van der Waals surface area contributed by atoms with Crippen molar-refractivity contribution in [1.29, 1.82) is 0 Å². The second kappa shape index (κ2) is 5.07. The fourth-order valence-electron chi connectivity index (χ4n) is 1.36. The Kier molecular flexibility index (Phi) is 3.48. The summed E-state index contributed by atoms with van der Waals surface area (Å²) in [6.45, 7) is 1.78. The molecule has 7 nitrogen and oxygen atoms in total. The Morgan fingerprint density at radius 1 is 1.47 bits per heavy atom. The van der Waals surface area contributed by atoms with Gasteiger partial charge in [-0.15, -0.1) is 0 Å². The smallest absolute Gasteiger partial charge is 0.349 e. The second-order valence-electron chi connectivity index (χ2n) is 3.69. The lowest BCUT2D eigenvalue weighted by Crippen LogP contribution is -2.01. The minimum atomic E-state index is -0.644. The molecule has 19 heavy (non-hydrogen) atoms. The molecule has 2 N–H and O–H groups in total. The summed E-state index contributed by atoms with van der Waals surface area (Å²) < 4.78 is 5.41. The summed E-state index contributed by atoms with van der Waals surface area (Å²) in [5.74, 6) is 0.0387. The first-order valence-electron chi connectivity index (χ1n) is 5.18. The number of hydrogen-bond donors (Lipinski definition) is 1. The Labute approximate surface area is 113 Å². The number of ether oxygens (including phenoxy) is 1. The maximum Gasteiger partial charge on any atom is 0.349 e. The molecule has 98 valence electrons. The highest BCUT2D eigenvalue weighted by Gasteiger charge is 2.19. The highest BCUT2D eigenvalue weighted by Crippen LogP contribution is 2.32. The molecule has 0 aliphatic heterocycles. The van der Waals surface area contributed by atoms with Gasteiger partial charge in [-0.2, -0.15) is 4.98 Å². The molecule has 2 aromatic rings. The van der Waals surface area contributed by atoms with E-state index in [0.717, 1.165) is 11.8 Å². The molecule has 0 aliphatic rings. The van der Waals surface area contributed by atoms with Crippen molar-refractivity contribution in [1.82, 2.24) is 9.97 Å². The minimum Gasteiger partial charge on any atom is -0.433 e. The molecular formula is C11H9ClN4O3. The molecule has 2 rings (SSSR count). The van der Waals surface area contributed by atoms with Gasteiger partial charge >= 0.3 is 11.6 Å². The molecule has 0 spiro atoms. The molecule has 0 fully saturated rings. The molecule has 8 heteroatoms. The molecule has 1 aromatic heterocycles. The lowest BCUT2D eigenvalue weighted by atomic mass is 10.2. The van der Waals surface area contributed by atoms with E-state index in [2.05, 4.69) is 9.97 Å². The van der Waals surface area contributed by atoms with Crippen molar-refractivity contribution in [3.63, 3.8) is 0 Å². The van der Waals surface area contributed by atoms with Crippen LogP contribution in [0.15, 0.2) is 24.4 Å². The van der Waals surface area contributed by atoms with Crippen molar-refractivity contribution in [2.45, 2.75) is 6.92 Å². The number of nitrogens with two attached hydrogens (primary N) is 1. The zero-order valence-electron chi connectivity index (χ0n) is 9.83. The van der Waals surface area contributed by atoms with Gasteiger partial charge in [0.2, 0.25) is 5.95 Å². The quantitative estimate of drug-likeness (QED) is 0.684. The molecule has 0 saturated heterocycles. The number of aryl methyl sites for hydroxylation is 1. The average Bonchev–Trinajstić information content (AvgIpc) is 2.33. The van der Waals surface area contributed by atoms with E-state index in [0.29, 0.717) is 10.8 Å². The average molecular weight is 281 g/mol. The van der Waals surface area contributed by atoms with Gasteiger partial charge in [-0.25, -0.2) is 4.98 Å². The lowest BCUT2D eigenvalue weighted by Gasteiger charge is -2.08. The molecule has 0 aliphatic carbocycles. The largest absolute Gasteiger partial charge is 0.433 e. The third kappa shape index (κ3) is 2.89. The third-order valence-corrected chi connectivity index (χ3v) is 2.54. The van der Waals surface area contributed by atoms with Crippen molar-refractivity contribution >= 4 is 23.2 Å². The summed E-state index contributed by atoms with van der Waals surface area (Å²) in [5.41, 5.74) is 5.79. The molecular weight excluding hydrogens is 272 g/mol. The van der Waals surface area contributed by atoms with Crippen LogP contribution in [-0.2, 0) is 0 Å². The molecule has 0 bridgehead atoms. The maximum absolute atomic E-state index is 10.9. The number of benzene rings is 1. The fraction of sp³-hybridized carbons (Fsp3) is 0.0909. The number of nitrogens with zero attached hydrogens (tertiary/aromatic N) is 3. The van der Waals surface area contributed by atoms with E-state index in [-0.39, 0.29) is 17.5 Å². The van der Waals surface area contributed by atoms with Crippen LogP contribution in [0, 0.1) is 17.0 Å². The lowest BCUT2D eigenvalue weighted by molar-refractivity contribution is -0.386. The maximum atomic E-state index is 10.9. The number of aromatic nitrogens is 2. The molecule has 1 aromatic carbocycles. The number of hydrogen-bond acceptors (Lipinski definition) is 6. The molecule has 0 atom stereocenters. The molecule has 0 saturated carbocycles. The van der Waals surface area contributed by atoms with Gasteiger partial charge < -0.3 is 10.5 Å². The number of nitrogen functional groups attached to an aromatic ring is 1. The first-order chi connectivity index (χ1) is 8.97. The van der Waals surface area contributed by atoms with Gasteiger partial charge in [0.05, 0.1) is 4.92 Å². The van der Waals surface area contributed by atoms with E-state index >= 15 is 0 Å². The van der Waals surface area contributed by atoms with Gasteiger partial charge in [0.1, 0.15) is 11.9 Å². The SMILES string of the molecule is Cc1ccc(Cl)cc1Oc1nc(N)ncc1[N+](=O)[O-]. The zero-order valence-corrected chi connectivity index (χ0v) is 10.6. The van der Waals surface area contributed by atoms with Gasteiger partial charge in [0.15, 0.2) is 0 Å². The summed E-state index contributed by atoms with van der Waals surface area (Å²) in [7, 11) is 0. The van der Waals surface area contributed by atoms with Gasteiger partial charge in [-0.1, -0.05) is 17.7 Å². The highest BCUT2D eigenvalue weighted by atomic mass is 35.5. The van der Waals surface area contributed by atoms with Crippen molar-refractivity contribution in [2.75, 3.05) is 5.73 Å². The Morgan fingerprint density at radius 2 is 2.21 bits per heavy atom.